The summed E-state index contributed by atoms with van der Waals surface area (Å²) in [5.41, 5.74) is 0.352. The van der Waals surface area contributed by atoms with E-state index in [4.69, 9.17) is 10.2 Å². The summed E-state index contributed by atoms with van der Waals surface area (Å²) in [6, 6.07) is 1.69. The Morgan fingerprint density at radius 2 is 2.38 bits per heavy atom. The molecule has 0 amide bonds. The highest BCUT2D eigenvalue weighted by Crippen LogP contribution is 2.14. The number of thiophene rings is 1. The van der Waals surface area contributed by atoms with E-state index < -0.39 is 5.97 Å². The SMILES string of the molecule is CC(CCO)CNCc1cc(C(=O)O)cs1. The van der Waals surface area contributed by atoms with Crippen molar-refractivity contribution in [3.8, 4) is 0 Å². The number of hydrogen-bond donors (Lipinski definition) is 3. The molecule has 0 aliphatic rings. The lowest BCUT2D eigenvalue weighted by molar-refractivity contribution is 0.0697. The Kier molecular flexibility index (Phi) is 5.45. The number of hydrogen-bond acceptors (Lipinski definition) is 4. The maximum absolute atomic E-state index is 10.6. The van der Waals surface area contributed by atoms with E-state index in [9.17, 15) is 4.79 Å². The molecular formula is C11H17NO3S. The predicted octanol–water partition coefficient (Wildman–Crippen LogP) is 1.55. The summed E-state index contributed by atoms with van der Waals surface area (Å²) < 4.78 is 0. The molecule has 0 fully saturated rings. The van der Waals surface area contributed by atoms with Gasteiger partial charge >= 0.3 is 5.97 Å². The summed E-state index contributed by atoms with van der Waals surface area (Å²) >= 11 is 1.45. The largest absolute Gasteiger partial charge is 0.478 e. The van der Waals surface area contributed by atoms with Crippen LogP contribution in [0.2, 0.25) is 0 Å². The molecule has 0 saturated heterocycles. The first-order valence-corrected chi connectivity index (χ1v) is 6.13. The van der Waals surface area contributed by atoms with Crippen molar-refractivity contribution in [2.45, 2.75) is 19.9 Å². The van der Waals surface area contributed by atoms with Crippen molar-refractivity contribution in [3.63, 3.8) is 0 Å². The van der Waals surface area contributed by atoms with E-state index in [1.54, 1.807) is 11.4 Å². The molecule has 1 aromatic rings. The molecule has 1 aromatic heterocycles. The molecule has 0 spiro atoms. The Bertz CT molecular complexity index is 338. The molecule has 1 heterocycles. The van der Waals surface area contributed by atoms with Crippen molar-refractivity contribution >= 4 is 17.3 Å². The Morgan fingerprint density at radius 1 is 1.62 bits per heavy atom. The summed E-state index contributed by atoms with van der Waals surface area (Å²) in [4.78, 5) is 11.7. The van der Waals surface area contributed by atoms with Crippen LogP contribution in [0.1, 0.15) is 28.6 Å². The van der Waals surface area contributed by atoms with Crippen LogP contribution in [-0.2, 0) is 6.54 Å². The van der Waals surface area contributed by atoms with Crippen LogP contribution in [-0.4, -0.2) is 29.3 Å². The third kappa shape index (κ3) is 4.30. The maximum Gasteiger partial charge on any atom is 0.336 e. The smallest absolute Gasteiger partial charge is 0.336 e. The first kappa shape index (κ1) is 13.2. The van der Waals surface area contributed by atoms with E-state index in [1.165, 1.54) is 11.3 Å². The Morgan fingerprint density at radius 3 is 2.94 bits per heavy atom. The second-order valence-corrected chi connectivity index (χ2v) is 4.85. The van der Waals surface area contributed by atoms with E-state index in [2.05, 4.69) is 12.2 Å². The van der Waals surface area contributed by atoms with Gasteiger partial charge in [0.15, 0.2) is 0 Å². The average Bonchev–Trinajstić information content (AvgIpc) is 2.67. The van der Waals surface area contributed by atoms with E-state index >= 15 is 0 Å². The highest BCUT2D eigenvalue weighted by atomic mass is 32.1. The summed E-state index contributed by atoms with van der Waals surface area (Å²) in [6.07, 6.45) is 0.790. The molecule has 0 radical (unpaired) electrons. The zero-order valence-electron chi connectivity index (χ0n) is 9.27. The summed E-state index contributed by atoms with van der Waals surface area (Å²) in [5, 5.41) is 22.4. The van der Waals surface area contributed by atoms with Crippen molar-refractivity contribution in [3.05, 3.63) is 21.9 Å². The van der Waals surface area contributed by atoms with Gasteiger partial charge in [0.2, 0.25) is 0 Å². The van der Waals surface area contributed by atoms with E-state index in [-0.39, 0.29) is 6.61 Å². The fraction of sp³-hybridized carbons (Fsp3) is 0.545. The van der Waals surface area contributed by atoms with E-state index in [1.807, 2.05) is 0 Å². The van der Waals surface area contributed by atoms with Gasteiger partial charge in [-0.2, -0.15) is 0 Å². The van der Waals surface area contributed by atoms with Gasteiger partial charge in [-0.05, 0) is 24.9 Å². The Labute approximate surface area is 98.9 Å². The van der Waals surface area contributed by atoms with Crippen LogP contribution in [0, 0.1) is 5.92 Å². The minimum absolute atomic E-state index is 0.213. The molecule has 1 rings (SSSR count). The maximum atomic E-state index is 10.6. The zero-order valence-corrected chi connectivity index (χ0v) is 10.1. The highest BCUT2D eigenvalue weighted by molar-refractivity contribution is 7.10. The molecule has 1 unspecified atom stereocenters. The van der Waals surface area contributed by atoms with Gasteiger partial charge in [-0.25, -0.2) is 4.79 Å². The summed E-state index contributed by atoms with van der Waals surface area (Å²) in [7, 11) is 0. The van der Waals surface area contributed by atoms with Crippen molar-refractivity contribution in [2.24, 2.45) is 5.92 Å². The zero-order chi connectivity index (χ0) is 12.0. The monoisotopic (exact) mass is 243 g/mol. The van der Waals surface area contributed by atoms with Crippen molar-refractivity contribution in [2.75, 3.05) is 13.2 Å². The number of carboxylic acid groups (broad SMARTS) is 1. The minimum atomic E-state index is -0.879. The molecule has 16 heavy (non-hydrogen) atoms. The lowest BCUT2D eigenvalue weighted by Gasteiger charge is -2.09. The fourth-order valence-corrected chi connectivity index (χ4v) is 2.18. The second kappa shape index (κ2) is 6.62. The molecule has 90 valence electrons. The number of rotatable bonds is 7. The molecule has 0 aliphatic heterocycles. The topological polar surface area (TPSA) is 69.6 Å². The fourth-order valence-electron chi connectivity index (χ4n) is 1.35. The summed E-state index contributed by atoms with van der Waals surface area (Å²) in [5.74, 6) is -0.444. The van der Waals surface area contributed by atoms with Crippen LogP contribution < -0.4 is 5.32 Å². The van der Waals surface area contributed by atoms with Crippen LogP contribution >= 0.6 is 11.3 Å². The standard InChI is InChI=1S/C11H17NO3S/c1-8(2-3-13)5-12-6-10-4-9(7-16-10)11(14)15/h4,7-8,12-13H,2-3,5-6H2,1H3,(H,14,15). The quantitative estimate of drug-likeness (QED) is 0.679. The van der Waals surface area contributed by atoms with Gasteiger partial charge in [0.1, 0.15) is 0 Å². The van der Waals surface area contributed by atoms with E-state index in [0.717, 1.165) is 17.8 Å². The lowest BCUT2D eigenvalue weighted by Crippen LogP contribution is -2.20. The molecule has 0 aromatic carbocycles. The third-order valence-corrected chi connectivity index (χ3v) is 3.25. The molecule has 0 bridgehead atoms. The van der Waals surface area contributed by atoms with Gasteiger partial charge in [0, 0.05) is 23.4 Å². The van der Waals surface area contributed by atoms with Crippen LogP contribution in [0.5, 0.6) is 0 Å². The minimum Gasteiger partial charge on any atom is -0.478 e. The molecular weight excluding hydrogens is 226 g/mol. The molecule has 4 nitrogen and oxygen atoms in total. The van der Waals surface area contributed by atoms with Crippen molar-refractivity contribution in [1.29, 1.82) is 0 Å². The molecule has 3 N–H and O–H groups in total. The van der Waals surface area contributed by atoms with Gasteiger partial charge in [-0.3, -0.25) is 0 Å². The predicted molar refractivity (Wildman–Crippen MR) is 63.9 cm³/mol. The van der Waals surface area contributed by atoms with Crippen molar-refractivity contribution in [1.82, 2.24) is 5.32 Å². The lowest BCUT2D eigenvalue weighted by atomic mass is 10.1. The van der Waals surface area contributed by atoms with Crippen LogP contribution in [0.3, 0.4) is 0 Å². The van der Waals surface area contributed by atoms with Crippen LogP contribution in [0.15, 0.2) is 11.4 Å². The summed E-state index contributed by atoms with van der Waals surface area (Å²) in [6.45, 7) is 3.81. The van der Waals surface area contributed by atoms with Gasteiger partial charge in [0.25, 0.3) is 0 Å². The van der Waals surface area contributed by atoms with Crippen LogP contribution in [0.25, 0.3) is 0 Å². The third-order valence-electron chi connectivity index (χ3n) is 2.31. The molecule has 5 heteroatoms. The van der Waals surface area contributed by atoms with Gasteiger partial charge in [-0.15, -0.1) is 11.3 Å². The van der Waals surface area contributed by atoms with Gasteiger partial charge in [0.05, 0.1) is 5.56 Å². The number of aromatic carboxylic acids is 1. The molecule has 0 aliphatic carbocycles. The first-order chi connectivity index (χ1) is 7.63. The number of carboxylic acids is 1. The first-order valence-electron chi connectivity index (χ1n) is 5.25. The molecule has 0 saturated carbocycles. The highest BCUT2D eigenvalue weighted by Gasteiger charge is 2.06. The Balaban J connectivity index is 2.29. The van der Waals surface area contributed by atoms with Crippen molar-refractivity contribution < 1.29 is 15.0 Å². The van der Waals surface area contributed by atoms with E-state index in [0.29, 0.717) is 18.0 Å². The molecule has 1 atom stereocenters. The second-order valence-electron chi connectivity index (χ2n) is 3.86. The number of aliphatic hydroxyl groups is 1. The number of nitrogens with one attached hydrogen (secondary N) is 1. The Hall–Kier alpha value is -0.910. The van der Waals surface area contributed by atoms with Gasteiger partial charge < -0.3 is 15.5 Å². The number of carbonyl (C=O) groups is 1. The number of aliphatic hydroxyl groups excluding tert-OH is 1. The van der Waals surface area contributed by atoms with Crippen LogP contribution in [0.4, 0.5) is 0 Å². The van der Waals surface area contributed by atoms with Gasteiger partial charge in [-0.1, -0.05) is 6.92 Å². The average molecular weight is 243 g/mol. The normalized spacial score (nSPS) is 12.6.